The molecule has 0 unspecified atom stereocenters. The molecule has 2 heterocycles. The number of nitrogens with one attached hydrogen (secondary N) is 1. The fourth-order valence-electron chi connectivity index (χ4n) is 7.60. The predicted octanol–water partition coefficient (Wildman–Crippen LogP) is 10.2. The van der Waals surface area contributed by atoms with Gasteiger partial charge in [-0.2, -0.15) is 0 Å². The molecule has 7 aromatic rings. The van der Waals surface area contributed by atoms with E-state index in [2.05, 4.69) is 27.3 Å². The smallest absolute Gasteiger partial charge is 0.305 e. The molecule has 0 fully saturated rings. The van der Waals surface area contributed by atoms with Crippen molar-refractivity contribution < 1.29 is 28.6 Å². The van der Waals surface area contributed by atoms with Crippen LogP contribution < -0.4 is 16.4 Å². The number of methoxy groups -OCH3 is 1. The zero-order valence-corrected chi connectivity index (χ0v) is 37.5. The number of ether oxygens (including phenoxy) is 1. The number of hydrogen-bond donors (Lipinski definition) is 2. The summed E-state index contributed by atoms with van der Waals surface area (Å²) in [5, 5.41) is 14.7. The molecule has 2 N–H and O–H groups in total. The van der Waals surface area contributed by atoms with Gasteiger partial charge in [-0.05, 0) is 134 Å². The number of nitrogens with zero attached hydrogens (tertiary/aromatic N) is 2. The maximum atomic E-state index is 13.5. The highest BCUT2D eigenvalue weighted by Crippen LogP contribution is 2.22. The van der Waals surface area contributed by atoms with E-state index in [4.69, 9.17) is 9.84 Å². The number of pyridine rings is 2. The van der Waals surface area contributed by atoms with Crippen molar-refractivity contribution in [2.45, 2.75) is 77.4 Å². The van der Waals surface area contributed by atoms with Crippen molar-refractivity contribution in [3.63, 3.8) is 0 Å². The number of aromatic nitrogens is 2. The minimum atomic E-state index is -0.842. The van der Waals surface area contributed by atoms with Crippen LogP contribution in [-0.4, -0.2) is 39.2 Å². The summed E-state index contributed by atoms with van der Waals surface area (Å²) in [5.74, 6) is -1.67. The molecular formula is C52H51BrFN3O7. The van der Waals surface area contributed by atoms with Crippen molar-refractivity contribution in [1.82, 2.24) is 14.5 Å². The minimum Gasteiger partial charge on any atom is -0.481 e. The zero-order valence-electron chi connectivity index (χ0n) is 35.9. The summed E-state index contributed by atoms with van der Waals surface area (Å²) >= 11 is 3.48. The van der Waals surface area contributed by atoms with Crippen LogP contribution in [0.15, 0.2) is 148 Å². The third-order valence-corrected chi connectivity index (χ3v) is 11.6. The van der Waals surface area contributed by atoms with E-state index in [0.717, 1.165) is 57.2 Å². The predicted molar refractivity (Wildman–Crippen MR) is 252 cm³/mol. The van der Waals surface area contributed by atoms with E-state index >= 15 is 0 Å². The Morgan fingerprint density at radius 3 is 1.72 bits per heavy atom. The Balaban J connectivity index is 0.000000223. The first-order valence-corrected chi connectivity index (χ1v) is 22.1. The molecule has 7 rings (SSSR count). The fraction of sp³-hybridized carbons (Fsp3) is 0.250. The van der Waals surface area contributed by atoms with Gasteiger partial charge in [0.15, 0.2) is 0 Å². The Hall–Kier alpha value is -6.66. The lowest BCUT2D eigenvalue weighted by Crippen LogP contribution is -2.27. The zero-order chi connectivity index (χ0) is 45.6. The molecule has 10 nitrogen and oxygen atoms in total. The summed E-state index contributed by atoms with van der Waals surface area (Å²) in [6.45, 7) is 2.77. The number of carboxylic acid groups (broad SMARTS) is 1. The average Bonchev–Trinajstić information content (AvgIpc) is 3.29. The van der Waals surface area contributed by atoms with Crippen molar-refractivity contribution >= 4 is 55.3 Å². The van der Waals surface area contributed by atoms with Crippen LogP contribution in [0.4, 0.5) is 4.39 Å². The lowest BCUT2D eigenvalue weighted by molar-refractivity contribution is -0.140. The first kappa shape index (κ1) is 46.8. The molecule has 12 heteroatoms. The van der Waals surface area contributed by atoms with E-state index in [1.165, 1.54) is 19.2 Å². The van der Waals surface area contributed by atoms with Crippen molar-refractivity contribution in [2.24, 2.45) is 0 Å². The number of carbonyl (C=O) groups excluding carboxylic acids is 2. The first-order valence-electron chi connectivity index (χ1n) is 21.3. The van der Waals surface area contributed by atoms with Crippen LogP contribution in [0.5, 0.6) is 0 Å². The third-order valence-electron chi connectivity index (χ3n) is 11.1. The molecule has 0 aliphatic heterocycles. The average molecular weight is 929 g/mol. The van der Waals surface area contributed by atoms with Crippen LogP contribution in [-0.2, 0) is 40.3 Å². The van der Waals surface area contributed by atoms with Crippen LogP contribution in [0, 0.1) is 5.82 Å². The van der Waals surface area contributed by atoms with Gasteiger partial charge in [0.05, 0.1) is 26.2 Å². The van der Waals surface area contributed by atoms with Gasteiger partial charge in [0, 0.05) is 45.0 Å². The molecule has 0 bridgehead atoms. The normalized spacial score (nSPS) is 11.4. The van der Waals surface area contributed by atoms with Crippen LogP contribution in [0.3, 0.4) is 0 Å². The Labute approximate surface area is 379 Å². The molecule has 64 heavy (non-hydrogen) atoms. The molecule has 5 aromatic carbocycles. The van der Waals surface area contributed by atoms with Crippen LogP contribution >= 0.6 is 15.9 Å². The van der Waals surface area contributed by atoms with E-state index in [1.54, 1.807) is 34.9 Å². The second-order valence-corrected chi connectivity index (χ2v) is 16.6. The summed E-state index contributed by atoms with van der Waals surface area (Å²) in [7, 11) is 1.40. The Morgan fingerprint density at radius 1 is 0.672 bits per heavy atom. The van der Waals surface area contributed by atoms with Gasteiger partial charge in [0.25, 0.3) is 17.0 Å². The molecule has 1 atom stereocenters. The number of rotatable bonds is 17. The number of aliphatic carboxylic acids is 1. The summed E-state index contributed by atoms with van der Waals surface area (Å²) in [6.07, 6.45) is 4.46. The quantitative estimate of drug-likeness (QED) is 0.0685. The maximum absolute atomic E-state index is 13.5. The Bertz CT molecular complexity index is 2840. The number of esters is 1. The molecule has 0 saturated carbocycles. The number of halogens is 2. The van der Waals surface area contributed by atoms with E-state index in [0.29, 0.717) is 60.5 Å². The van der Waals surface area contributed by atoms with Crippen LogP contribution in [0.25, 0.3) is 21.5 Å². The summed E-state index contributed by atoms with van der Waals surface area (Å²) in [5.41, 5.74) is 4.92. The van der Waals surface area contributed by atoms with Gasteiger partial charge in [-0.15, -0.1) is 0 Å². The highest BCUT2D eigenvalue weighted by molar-refractivity contribution is 9.10. The molecule has 2 aromatic heterocycles. The highest BCUT2D eigenvalue weighted by Gasteiger charge is 2.16. The monoisotopic (exact) mass is 927 g/mol. The summed E-state index contributed by atoms with van der Waals surface area (Å²) in [4.78, 5) is 61.8. The van der Waals surface area contributed by atoms with Crippen molar-refractivity contribution in [2.75, 3.05) is 7.11 Å². The third kappa shape index (κ3) is 12.7. The Kier molecular flexibility index (Phi) is 16.6. The second kappa shape index (κ2) is 22.6. The number of carboxylic acids is 1. The van der Waals surface area contributed by atoms with Crippen molar-refractivity contribution in [3.8, 4) is 0 Å². The fourth-order valence-corrected chi connectivity index (χ4v) is 7.98. The number of aryl methyl sites for hydroxylation is 2. The molecule has 0 aliphatic rings. The van der Waals surface area contributed by atoms with Crippen molar-refractivity contribution in [1.29, 1.82) is 0 Å². The van der Waals surface area contributed by atoms with Crippen LogP contribution in [0.1, 0.15) is 89.9 Å². The van der Waals surface area contributed by atoms with Gasteiger partial charge >= 0.3 is 11.9 Å². The van der Waals surface area contributed by atoms with Gasteiger partial charge in [-0.1, -0.05) is 88.7 Å². The molecule has 0 aliphatic carbocycles. The van der Waals surface area contributed by atoms with E-state index in [-0.39, 0.29) is 41.3 Å². The highest BCUT2D eigenvalue weighted by atomic mass is 79.9. The van der Waals surface area contributed by atoms with Gasteiger partial charge in [0.2, 0.25) is 0 Å². The summed E-state index contributed by atoms with van der Waals surface area (Å²) < 4.78 is 22.5. The van der Waals surface area contributed by atoms with Crippen molar-refractivity contribution in [3.05, 3.63) is 198 Å². The molecule has 0 spiro atoms. The minimum absolute atomic E-state index is 0.0202. The molecular weight excluding hydrogens is 877 g/mol. The second-order valence-electron chi connectivity index (χ2n) is 15.7. The largest absolute Gasteiger partial charge is 0.481 e. The number of hydrogen-bond acceptors (Lipinski definition) is 6. The van der Waals surface area contributed by atoms with Crippen LogP contribution in [0.2, 0.25) is 0 Å². The maximum Gasteiger partial charge on any atom is 0.305 e. The lowest BCUT2D eigenvalue weighted by Gasteiger charge is -2.17. The molecule has 0 saturated heterocycles. The first-order chi connectivity index (χ1) is 30.9. The molecule has 0 radical (unpaired) electrons. The molecule has 1 amide bonds. The Morgan fingerprint density at radius 2 is 1.19 bits per heavy atom. The molecule has 330 valence electrons. The number of amides is 1. The number of unbranched alkanes of at least 4 members (excludes halogenated alkanes) is 2. The standard InChI is InChI=1S/C30H29FN2O4.C22H22BrNO3/c1-20(22-11-14-25(31)15-12-22)32-29(36)23-13-16-27-24(17-23)18-26(9-5-6-10-28(34)35)33(30(27)37)19-21-7-3-2-4-8-21;1-27-21(25)10-6-5-9-19-14-17-13-18(23)11-12-20(17)22(26)24(19)15-16-7-3-2-4-8-16/h2-4,7-8,11-18,20H,5-6,9-10,19H2,1H3,(H,32,36)(H,34,35);2-4,7-8,11-14H,5-6,9-10,15H2,1H3/t20-;/m1./s1. The van der Waals surface area contributed by atoms with Gasteiger partial charge in [-0.25, -0.2) is 4.39 Å². The number of carbonyl (C=O) groups is 3. The number of benzene rings is 5. The topological polar surface area (TPSA) is 137 Å². The van der Waals surface area contributed by atoms with Gasteiger partial charge in [0.1, 0.15) is 5.82 Å². The van der Waals surface area contributed by atoms with Gasteiger partial charge < -0.3 is 24.3 Å². The van der Waals surface area contributed by atoms with E-state index < -0.39 is 5.97 Å². The number of fused-ring (bicyclic) bond motifs is 2. The van der Waals surface area contributed by atoms with Gasteiger partial charge in [-0.3, -0.25) is 24.0 Å². The summed E-state index contributed by atoms with van der Waals surface area (Å²) in [6, 6.07) is 40.1. The van der Waals surface area contributed by atoms with E-state index in [9.17, 15) is 28.4 Å². The van der Waals surface area contributed by atoms with E-state index in [1.807, 2.05) is 96.4 Å². The SMILES string of the molecule is COC(=O)CCCCc1cc2cc(Br)ccc2c(=O)n1Cc1ccccc1.C[C@@H](NC(=O)c1ccc2c(=O)n(Cc3ccccc3)c(CCCCC(=O)O)cc2c1)c1ccc(F)cc1. The lowest BCUT2D eigenvalue weighted by atomic mass is 10.0.